The van der Waals surface area contributed by atoms with Gasteiger partial charge in [0.2, 0.25) is 0 Å². The second-order valence-corrected chi connectivity index (χ2v) is 0. The molecule has 0 atom stereocenters. The third-order valence-electron chi connectivity index (χ3n) is 0. The van der Waals surface area contributed by atoms with Crippen molar-refractivity contribution in [1.29, 1.82) is 0 Å². The van der Waals surface area contributed by atoms with Gasteiger partial charge in [0.15, 0.2) is 0 Å². The van der Waals surface area contributed by atoms with Crippen LogP contribution in [0, 0.1) is 0 Å². The molecule has 0 aliphatic rings. The summed E-state index contributed by atoms with van der Waals surface area (Å²) >= 11 is 0. The number of hydrogen-bond donors (Lipinski definition) is 1. The third-order valence-corrected chi connectivity index (χ3v) is 0. The molecule has 0 aromatic rings. The second-order valence-electron chi connectivity index (χ2n) is 0. The summed E-state index contributed by atoms with van der Waals surface area (Å²) in [6.45, 7) is 0. The van der Waals surface area contributed by atoms with Crippen molar-refractivity contribution in [2.45, 2.75) is 0 Å². The molecule has 0 spiro atoms. The molecule has 3 N–H and O–H groups in total. The summed E-state index contributed by atoms with van der Waals surface area (Å²) < 4.78 is 0. The zero-order valence-electron chi connectivity index (χ0n) is 5.12. The van der Waals surface area contributed by atoms with Gasteiger partial charge in [-0.2, -0.15) is 0 Å². The summed E-state index contributed by atoms with van der Waals surface area (Å²) in [6, 6.07) is 0. The summed E-state index contributed by atoms with van der Waals surface area (Å²) in [7, 11) is 0. The van der Waals surface area contributed by atoms with E-state index in [1.165, 1.54) is 0 Å². The van der Waals surface area contributed by atoms with Gasteiger partial charge in [-0.25, -0.2) is 0 Å². The van der Waals surface area contributed by atoms with Crippen molar-refractivity contribution in [2.75, 3.05) is 0 Å². The molecule has 4 heteroatoms. The molecule has 0 rings (SSSR count). The van der Waals surface area contributed by atoms with Crippen molar-refractivity contribution in [3.05, 3.63) is 0 Å². The molecule has 0 bridgehead atoms. The second kappa shape index (κ2) is 16.9. The molecular weight excluding hydrogens is 112 g/mol. The van der Waals surface area contributed by atoms with Crippen molar-refractivity contribution < 1.29 is 83.8 Å². The van der Waals surface area contributed by atoms with E-state index in [0.717, 1.165) is 0 Å². The van der Waals surface area contributed by atoms with Crippen LogP contribution in [0.3, 0.4) is 0 Å². The molecule has 0 aromatic carbocycles. The van der Waals surface area contributed by atoms with Gasteiger partial charge in [0.25, 0.3) is 0 Å². The molecule has 0 fully saturated rings. The summed E-state index contributed by atoms with van der Waals surface area (Å²) in [6.07, 6.45) is 0. The van der Waals surface area contributed by atoms with E-state index in [1.54, 1.807) is 0 Å². The van der Waals surface area contributed by atoms with Crippen molar-refractivity contribution in [3.63, 3.8) is 0 Å². The summed E-state index contributed by atoms with van der Waals surface area (Å²) in [5.74, 6) is 0. The smallest absolute Gasteiger partial charge is 1.00 e. The van der Waals surface area contributed by atoms with Gasteiger partial charge in [-0.05, 0) is 0 Å². The Morgan fingerprint density at radius 1 is 1.25 bits per heavy atom. The van der Waals surface area contributed by atoms with E-state index in [0.29, 0.717) is 0 Å². The van der Waals surface area contributed by atoms with Crippen LogP contribution < -0.4 is 87.1 Å². The predicted molar refractivity (Wildman–Crippen MR) is 14.5 cm³/mol. The van der Waals surface area contributed by atoms with Gasteiger partial charge in [-0.1, -0.05) is 0 Å². The zero-order chi connectivity index (χ0) is 0. The molecule has 0 heterocycles. The molecule has 4 heavy (non-hydrogen) atoms. The van der Waals surface area contributed by atoms with Crippen LogP contribution in [-0.2, 0) is 0 Å². The topological polar surface area (TPSA) is 35.0 Å². The Morgan fingerprint density at radius 2 is 1.25 bits per heavy atom. The fraction of sp³-hybridized carbons (Fsp3) is 0. The predicted octanol–water partition coefficient (Wildman–Crippen LogP) is -5.18. The first kappa shape index (κ1) is 28.6. The van der Waals surface area contributed by atoms with Crippen LogP contribution in [-0.4, -0.2) is 0 Å². The van der Waals surface area contributed by atoms with Crippen LogP contribution in [0.1, 0.15) is 2.85 Å². The first-order valence-electron chi connectivity index (χ1n) is 0. The maximum atomic E-state index is 0. The van der Waals surface area contributed by atoms with Crippen molar-refractivity contribution in [2.24, 2.45) is 0 Å². The van der Waals surface area contributed by atoms with Gasteiger partial charge in [-0.15, -0.1) is 12.4 Å². The van der Waals surface area contributed by atoms with E-state index in [9.17, 15) is 0 Å². The summed E-state index contributed by atoms with van der Waals surface area (Å²) in [5, 5.41) is 0. The largest absolute Gasteiger partial charge is 1.00 e. The van der Waals surface area contributed by atoms with E-state index >= 15 is 0 Å². The molecule has 0 saturated carbocycles. The van der Waals surface area contributed by atoms with Gasteiger partial charge in [-0.3, -0.25) is 0 Å². The maximum Gasteiger partial charge on any atom is 1.00 e. The fourth-order valence-corrected chi connectivity index (χ4v) is 0. The summed E-state index contributed by atoms with van der Waals surface area (Å²) in [4.78, 5) is 0. The molecule has 0 saturated heterocycles. The Bertz CT molecular complexity index is 13.5. The minimum atomic E-state index is 0. The molecule has 0 aliphatic carbocycles. The van der Waals surface area contributed by atoms with E-state index in [2.05, 4.69) is 0 Å². The first-order chi connectivity index (χ1) is 0. The SMILES string of the molecule is Cl.N.[H-].[H-].[K+].[Na+]. The van der Waals surface area contributed by atoms with Crippen LogP contribution in [0.25, 0.3) is 0 Å². The molecule has 0 aromatic heterocycles. The van der Waals surface area contributed by atoms with E-state index in [4.69, 9.17) is 0 Å². The molecule has 0 unspecified atom stereocenters. The quantitative estimate of drug-likeness (QED) is 0.317. The number of hydrogen-bond acceptors (Lipinski definition) is 1. The monoisotopic (exact) mass is 117 g/mol. The Kier molecular flexibility index (Phi) is 121. The van der Waals surface area contributed by atoms with Gasteiger partial charge in [0, 0.05) is 0 Å². The van der Waals surface area contributed by atoms with Crippen LogP contribution in [0.4, 0.5) is 0 Å². The summed E-state index contributed by atoms with van der Waals surface area (Å²) in [5.41, 5.74) is 0. The Labute approximate surface area is 100.0 Å². The Balaban J connectivity index is 0. The average Bonchev–Trinajstić information content (AvgIpc) is 0. The first-order valence-corrected chi connectivity index (χ1v) is 0. The average molecular weight is 118 g/mol. The maximum absolute atomic E-state index is 0. The zero-order valence-corrected chi connectivity index (χ0v) is 9.05. The van der Waals surface area contributed by atoms with Gasteiger partial charge >= 0.3 is 80.9 Å². The molecule has 0 radical (unpaired) electrons. The number of rotatable bonds is 0. The fourth-order valence-electron chi connectivity index (χ4n) is 0. The van der Waals surface area contributed by atoms with Gasteiger partial charge < -0.3 is 9.00 Å². The Morgan fingerprint density at radius 3 is 1.25 bits per heavy atom. The Hall–Kier alpha value is 2.89. The molecule has 0 amide bonds. The van der Waals surface area contributed by atoms with Gasteiger partial charge in [0.05, 0.1) is 0 Å². The molecular formula is H6ClKNNa. The van der Waals surface area contributed by atoms with E-state index in [1.807, 2.05) is 0 Å². The van der Waals surface area contributed by atoms with Crippen molar-refractivity contribution in [1.82, 2.24) is 6.15 Å². The molecule has 20 valence electrons. The van der Waals surface area contributed by atoms with Crippen LogP contribution in [0.5, 0.6) is 0 Å². The van der Waals surface area contributed by atoms with Crippen LogP contribution >= 0.6 is 12.4 Å². The minimum Gasteiger partial charge on any atom is -1.00 e. The van der Waals surface area contributed by atoms with Crippen LogP contribution in [0.2, 0.25) is 0 Å². The van der Waals surface area contributed by atoms with E-state index in [-0.39, 0.29) is 102 Å². The van der Waals surface area contributed by atoms with Crippen LogP contribution in [0.15, 0.2) is 0 Å². The third kappa shape index (κ3) is 8.86. The number of halogens is 1. The van der Waals surface area contributed by atoms with E-state index < -0.39 is 0 Å². The van der Waals surface area contributed by atoms with Crippen molar-refractivity contribution in [3.8, 4) is 0 Å². The molecule has 0 aliphatic heterocycles. The normalized spacial score (nSPS) is 0. The minimum absolute atomic E-state index is 0. The molecule has 1 nitrogen and oxygen atoms in total. The van der Waals surface area contributed by atoms with Gasteiger partial charge in [0.1, 0.15) is 0 Å². The van der Waals surface area contributed by atoms with Crippen molar-refractivity contribution >= 4 is 12.4 Å². The standard InChI is InChI=1S/ClH.K.H3N.Na.2H/h1H;;1H3;;;/q;+1;;+1;2*-1.